The largest absolute Gasteiger partial charge is 0.302 e. The number of aryl methyl sites for hydroxylation is 1. The molecule has 0 unspecified atom stereocenters. The lowest BCUT2D eigenvalue weighted by Crippen LogP contribution is -2.36. The summed E-state index contributed by atoms with van der Waals surface area (Å²) in [4.78, 5) is 14.3. The Morgan fingerprint density at radius 1 is 0.488 bits per heavy atom. The van der Waals surface area contributed by atoms with Crippen molar-refractivity contribution >= 4 is 23.0 Å². The molecule has 4 heteroatoms. The first-order valence-electron chi connectivity index (χ1n) is 14.1. The van der Waals surface area contributed by atoms with Gasteiger partial charge in [-0.15, -0.1) is 0 Å². The van der Waals surface area contributed by atoms with Crippen molar-refractivity contribution in [2.24, 2.45) is 0 Å². The zero-order valence-corrected chi connectivity index (χ0v) is 23.0. The summed E-state index contributed by atoms with van der Waals surface area (Å²) < 4.78 is 0. The fourth-order valence-corrected chi connectivity index (χ4v) is 6.63. The third kappa shape index (κ3) is 3.54. The maximum atomic E-state index is 4.86. The smallest absolute Gasteiger partial charge is 0.178 e. The van der Waals surface area contributed by atoms with E-state index in [1.807, 2.05) is 6.07 Å². The molecule has 2 aliphatic rings. The number of benzene rings is 5. The maximum absolute atomic E-state index is 4.86. The molecule has 2 heterocycles. The molecule has 0 radical (unpaired) electrons. The number of hydrogen-bond acceptors (Lipinski definition) is 4. The van der Waals surface area contributed by atoms with Gasteiger partial charge in [-0.2, -0.15) is 0 Å². The fraction of sp³-hybridized carbons (Fsp3) is 0.0811. The molecule has 5 aromatic carbocycles. The van der Waals surface area contributed by atoms with Gasteiger partial charge in [-0.3, -0.25) is 0 Å². The van der Waals surface area contributed by atoms with Crippen LogP contribution in [0.3, 0.4) is 0 Å². The summed E-state index contributed by atoms with van der Waals surface area (Å²) in [6.07, 6.45) is 3.56. The molecule has 0 spiro atoms. The molecule has 1 aromatic heterocycles. The maximum Gasteiger partial charge on any atom is 0.178 e. The zero-order chi connectivity index (χ0) is 27.5. The standard InChI is InChI=1S/C37H28N4/c1-24-22-33-31-18-10-8-16-29(31)27-14-6-7-15-28(27)30-17-9-11-19-32(30)34(33)23-35(24)41-25(2)40(26-12-4-3-5-13-26)36-37(41)39-21-20-38-36/h3-23,25H,1-2H3/t25-/m0/s1. The predicted octanol–water partition coefficient (Wildman–Crippen LogP) is 9.40. The van der Waals surface area contributed by atoms with E-state index in [9.17, 15) is 0 Å². The van der Waals surface area contributed by atoms with Crippen LogP contribution < -0.4 is 9.80 Å². The first-order valence-corrected chi connectivity index (χ1v) is 14.1. The van der Waals surface area contributed by atoms with Crippen molar-refractivity contribution in [2.75, 3.05) is 9.80 Å². The van der Waals surface area contributed by atoms with Gasteiger partial charge >= 0.3 is 0 Å². The summed E-state index contributed by atoms with van der Waals surface area (Å²) in [6.45, 7) is 4.44. The molecule has 0 amide bonds. The number of rotatable bonds is 2. The highest BCUT2D eigenvalue weighted by molar-refractivity contribution is 6.04. The summed E-state index contributed by atoms with van der Waals surface area (Å²) in [5.41, 5.74) is 13.4. The van der Waals surface area contributed by atoms with Crippen molar-refractivity contribution in [3.8, 4) is 44.5 Å². The Kier molecular flexibility index (Phi) is 5.29. The second-order valence-corrected chi connectivity index (χ2v) is 10.7. The molecule has 6 aromatic rings. The summed E-state index contributed by atoms with van der Waals surface area (Å²) in [5, 5.41) is 0. The molecule has 0 bridgehead atoms. The van der Waals surface area contributed by atoms with Crippen molar-refractivity contribution < 1.29 is 0 Å². The first-order chi connectivity index (χ1) is 20.2. The molecule has 0 saturated heterocycles. The lowest BCUT2D eigenvalue weighted by atomic mass is 9.80. The normalized spacial score (nSPS) is 14.7. The number of nitrogens with zero attached hydrogens (tertiary/aromatic N) is 4. The molecular formula is C37H28N4. The van der Waals surface area contributed by atoms with Gasteiger partial charge in [0.2, 0.25) is 0 Å². The van der Waals surface area contributed by atoms with Gasteiger partial charge in [0.25, 0.3) is 0 Å². The van der Waals surface area contributed by atoms with Crippen molar-refractivity contribution in [3.63, 3.8) is 0 Å². The van der Waals surface area contributed by atoms with Gasteiger partial charge < -0.3 is 9.80 Å². The summed E-state index contributed by atoms with van der Waals surface area (Å²) in [5.74, 6) is 1.74. The van der Waals surface area contributed by atoms with Gasteiger partial charge in [-0.25, -0.2) is 9.97 Å². The molecule has 4 nitrogen and oxygen atoms in total. The van der Waals surface area contributed by atoms with E-state index >= 15 is 0 Å². The Labute approximate surface area is 240 Å². The van der Waals surface area contributed by atoms with Crippen LogP contribution in [0.25, 0.3) is 44.5 Å². The van der Waals surface area contributed by atoms with E-state index in [2.05, 4.69) is 133 Å². The van der Waals surface area contributed by atoms with E-state index in [0.717, 1.165) is 23.0 Å². The van der Waals surface area contributed by atoms with E-state index in [1.165, 1.54) is 50.1 Å². The van der Waals surface area contributed by atoms with Crippen LogP contribution in [0.2, 0.25) is 0 Å². The number of para-hydroxylation sites is 1. The lowest BCUT2D eigenvalue weighted by molar-refractivity contribution is 0.752. The topological polar surface area (TPSA) is 32.3 Å². The van der Waals surface area contributed by atoms with E-state index in [0.29, 0.717) is 0 Å². The molecule has 196 valence electrons. The van der Waals surface area contributed by atoms with Gasteiger partial charge in [0, 0.05) is 23.8 Å². The molecule has 8 rings (SSSR count). The highest BCUT2D eigenvalue weighted by atomic mass is 15.5. The highest BCUT2D eigenvalue weighted by Crippen LogP contribution is 2.51. The minimum atomic E-state index is -0.0108. The first kappa shape index (κ1) is 23.6. The molecule has 0 saturated carbocycles. The minimum Gasteiger partial charge on any atom is -0.302 e. The molecule has 41 heavy (non-hydrogen) atoms. The Hall–Kier alpha value is -5.22. The van der Waals surface area contributed by atoms with Crippen molar-refractivity contribution in [3.05, 3.63) is 133 Å². The second-order valence-electron chi connectivity index (χ2n) is 10.7. The quantitative estimate of drug-likeness (QED) is 0.224. The van der Waals surface area contributed by atoms with Crippen LogP contribution in [-0.2, 0) is 0 Å². The summed E-state index contributed by atoms with van der Waals surface area (Å²) >= 11 is 0. The third-order valence-corrected chi connectivity index (χ3v) is 8.44. The summed E-state index contributed by atoms with van der Waals surface area (Å²) in [6, 6.07) is 41.6. The minimum absolute atomic E-state index is 0.0108. The van der Waals surface area contributed by atoms with Crippen molar-refractivity contribution in [1.82, 2.24) is 9.97 Å². The van der Waals surface area contributed by atoms with Crippen LogP contribution in [0.4, 0.5) is 23.0 Å². The predicted molar refractivity (Wildman–Crippen MR) is 169 cm³/mol. The lowest BCUT2D eigenvalue weighted by Gasteiger charge is -2.31. The Bertz CT molecular complexity index is 1950. The molecular weight excluding hydrogens is 500 g/mol. The van der Waals surface area contributed by atoms with Crippen LogP contribution in [0, 0.1) is 6.92 Å². The van der Waals surface area contributed by atoms with E-state index < -0.39 is 0 Å². The fourth-order valence-electron chi connectivity index (χ4n) is 6.63. The van der Waals surface area contributed by atoms with Crippen LogP contribution in [0.15, 0.2) is 128 Å². The number of anilines is 4. The monoisotopic (exact) mass is 528 g/mol. The van der Waals surface area contributed by atoms with E-state index in [-0.39, 0.29) is 6.17 Å². The van der Waals surface area contributed by atoms with Crippen LogP contribution in [0.5, 0.6) is 0 Å². The molecule has 0 N–H and O–H groups in total. The Morgan fingerprint density at radius 3 is 1.41 bits per heavy atom. The molecule has 1 aliphatic heterocycles. The average Bonchev–Trinajstić information content (AvgIpc) is 3.32. The van der Waals surface area contributed by atoms with Gasteiger partial charge in [0.1, 0.15) is 6.17 Å². The van der Waals surface area contributed by atoms with Crippen molar-refractivity contribution in [2.45, 2.75) is 20.0 Å². The summed E-state index contributed by atoms with van der Waals surface area (Å²) in [7, 11) is 0. The number of aromatic nitrogens is 2. The van der Waals surface area contributed by atoms with Gasteiger partial charge in [-0.1, -0.05) is 91.0 Å². The third-order valence-electron chi connectivity index (χ3n) is 8.44. The number of hydrogen-bond donors (Lipinski definition) is 0. The van der Waals surface area contributed by atoms with Gasteiger partial charge in [-0.05, 0) is 88.2 Å². The zero-order valence-electron chi connectivity index (χ0n) is 23.0. The van der Waals surface area contributed by atoms with Crippen LogP contribution in [-0.4, -0.2) is 16.1 Å². The van der Waals surface area contributed by atoms with Crippen molar-refractivity contribution in [1.29, 1.82) is 0 Å². The SMILES string of the molecule is Cc1cc2c(cc1N1c3nccnc3N(c3ccccc3)[C@@H]1C)-c1ccccc1-c1ccccc1-c1ccccc1-2. The Morgan fingerprint density at radius 2 is 0.902 bits per heavy atom. The molecule has 0 fully saturated rings. The Balaban J connectivity index is 1.40. The molecule has 1 atom stereocenters. The van der Waals surface area contributed by atoms with Gasteiger partial charge in [0.15, 0.2) is 11.6 Å². The van der Waals surface area contributed by atoms with Crippen LogP contribution >= 0.6 is 0 Å². The second kappa shape index (κ2) is 9.17. The molecule has 1 aliphatic carbocycles. The number of fused-ring (bicyclic) bond motifs is 9. The van der Waals surface area contributed by atoms with Crippen LogP contribution in [0.1, 0.15) is 12.5 Å². The van der Waals surface area contributed by atoms with E-state index in [1.54, 1.807) is 12.4 Å². The highest BCUT2D eigenvalue weighted by Gasteiger charge is 2.38. The van der Waals surface area contributed by atoms with E-state index in [4.69, 9.17) is 9.97 Å². The van der Waals surface area contributed by atoms with Gasteiger partial charge in [0.05, 0.1) is 0 Å². The average molecular weight is 529 g/mol.